The van der Waals surface area contributed by atoms with E-state index in [9.17, 15) is 4.79 Å². The first-order chi connectivity index (χ1) is 10.3. The van der Waals surface area contributed by atoms with Crippen LogP contribution < -0.4 is 5.32 Å². The molecule has 2 aromatic rings. The number of nitrogens with zero attached hydrogens (tertiary/aromatic N) is 1. The Labute approximate surface area is 132 Å². The number of hydrogen-bond donors (Lipinski definition) is 2. The van der Waals surface area contributed by atoms with Crippen LogP contribution in [0.2, 0.25) is 19.6 Å². The molecule has 0 saturated carbocycles. The summed E-state index contributed by atoms with van der Waals surface area (Å²) in [4.78, 5) is 12.1. The van der Waals surface area contributed by atoms with Gasteiger partial charge in [0.2, 0.25) is 0 Å². The van der Waals surface area contributed by atoms with Gasteiger partial charge in [0.15, 0.2) is 0 Å². The predicted octanol–water partition coefficient (Wildman–Crippen LogP) is 3.51. The van der Waals surface area contributed by atoms with Gasteiger partial charge in [-0.05, 0) is 43.2 Å². The molecule has 0 fully saturated rings. The van der Waals surface area contributed by atoms with E-state index in [1.807, 2.05) is 26.0 Å². The Kier molecular flexibility index (Phi) is 4.53. The third-order valence-corrected chi connectivity index (χ3v) is 4.23. The fourth-order valence-corrected chi connectivity index (χ4v) is 2.43. The van der Waals surface area contributed by atoms with E-state index in [0.717, 1.165) is 22.4 Å². The van der Waals surface area contributed by atoms with Crippen LogP contribution in [0.4, 0.5) is 5.69 Å². The Morgan fingerprint density at radius 3 is 2.50 bits per heavy atom. The summed E-state index contributed by atoms with van der Waals surface area (Å²) < 4.78 is 0. The molecule has 5 heteroatoms. The van der Waals surface area contributed by atoms with Crippen molar-refractivity contribution in [2.24, 2.45) is 0 Å². The minimum Gasteiger partial charge on any atom is -0.320 e. The molecule has 1 aromatic heterocycles. The van der Waals surface area contributed by atoms with Crippen molar-refractivity contribution in [3.63, 3.8) is 0 Å². The van der Waals surface area contributed by atoms with Crippen molar-refractivity contribution in [3.05, 3.63) is 46.8 Å². The SMILES string of the molecule is Cc1c(C#C[Si](C)(C)C)ccc(NC(=O)c2ccn[nH]2)c1C. The summed E-state index contributed by atoms with van der Waals surface area (Å²) in [6.45, 7) is 10.7. The average molecular weight is 311 g/mol. The van der Waals surface area contributed by atoms with E-state index < -0.39 is 8.07 Å². The minimum absolute atomic E-state index is 0.194. The molecule has 4 nitrogen and oxygen atoms in total. The molecular formula is C17H21N3OSi. The fraction of sp³-hybridized carbons (Fsp3) is 0.294. The van der Waals surface area contributed by atoms with Crippen molar-refractivity contribution in [1.82, 2.24) is 10.2 Å². The van der Waals surface area contributed by atoms with E-state index in [-0.39, 0.29) is 5.91 Å². The largest absolute Gasteiger partial charge is 0.320 e. The minimum atomic E-state index is -1.40. The van der Waals surface area contributed by atoms with Gasteiger partial charge in [0.1, 0.15) is 13.8 Å². The molecule has 0 bridgehead atoms. The zero-order chi connectivity index (χ0) is 16.3. The van der Waals surface area contributed by atoms with E-state index in [2.05, 4.69) is 46.6 Å². The highest BCUT2D eigenvalue weighted by molar-refractivity contribution is 6.83. The molecule has 0 radical (unpaired) electrons. The van der Waals surface area contributed by atoms with Gasteiger partial charge in [-0.2, -0.15) is 5.10 Å². The topological polar surface area (TPSA) is 57.8 Å². The first kappa shape index (κ1) is 16.1. The quantitative estimate of drug-likeness (QED) is 0.658. The second-order valence-corrected chi connectivity index (χ2v) is 11.1. The first-order valence-corrected chi connectivity index (χ1v) is 10.7. The molecule has 22 heavy (non-hydrogen) atoms. The Hall–Kier alpha value is -2.32. The number of hydrogen-bond acceptors (Lipinski definition) is 2. The number of carbonyl (C=O) groups is 1. The maximum atomic E-state index is 12.1. The normalized spacial score (nSPS) is 10.8. The van der Waals surface area contributed by atoms with Crippen LogP contribution in [0.25, 0.3) is 0 Å². The predicted molar refractivity (Wildman–Crippen MR) is 92.7 cm³/mol. The Morgan fingerprint density at radius 2 is 1.91 bits per heavy atom. The molecule has 0 aliphatic carbocycles. The van der Waals surface area contributed by atoms with Crippen LogP contribution in [-0.2, 0) is 0 Å². The second kappa shape index (κ2) is 6.20. The Balaban J connectivity index is 2.27. The summed E-state index contributed by atoms with van der Waals surface area (Å²) in [7, 11) is -1.40. The average Bonchev–Trinajstić information content (AvgIpc) is 2.96. The third-order valence-electron chi connectivity index (χ3n) is 3.35. The first-order valence-electron chi connectivity index (χ1n) is 7.22. The zero-order valence-corrected chi connectivity index (χ0v) is 14.7. The van der Waals surface area contributed by atoms with Crippen molar-refractivity contribution >= 4 is 19.7 Å². The number of H-pyrrole nitrogens is 1. The molecule has 1 heterocycles. The standard InChI is InChI=1S/C17H21N3OSi/c1-12-13(2)15(19-17(21)16-8-10-18-20-16)7-6-14(12)9-11-22(3,4)5/h6-8,10H,1-5H3,(H,18,20)(H,19,21). The number of carbonyl (C=O) groups excluding carboxylic acids is 1. The lowest BCUT2D eigenvalue weighted by Gasteiger charge is -2.12. The van der Waals surface area contributed by atoms with Crippen LogP contribution in [0, 0.1) is 25.3 Å². The van der Waals surface area contributed by atoms with Gasteiger partial charge in [0, 0.05) is 17.4 Å². The van der Waals surface area contributed by atoms with Gasteiger partial charge in [0.05, 0.1) is 0 Å². The number of amides is 1. The van der Waals surface area contributed by atoms with E-state index >= 15 is 0 Å². The van der Waals surface area contributed by atoms with E-state index in [4.69, 9.17) is 0 Å². The van der Waals surface area contributed by atoms with Crippen molar-refractivity contribution in [3.8, 4) is 11.5 Å². The van der Waals surface area contributed by atoms with Gasteiger partial charge >= 0.3 is 0 Å². The number of anilines is 1. The van der Waals surface area contributed by atoms with Crippen LogP contribution in [0.3, 0.4) is 0 Å². The molecule has 2 rings (SSSR count). The van der Waals surface area contributed by atoms with Gasteiger partial charge in [0.25, 0.3) is 5.91 Å². The summed E-state index contributed by atoms with van der Waals surface area (Å²) in [5.41, 5.74) is 7.79. The molecule has 2 N–H and O–H groups in total. The van der Waals surface area contributed by atoms with Crippen LogP contribution in [-0.4, -0.2) is 24.2 Å². The van der Waals surface area contributed by atoms with E-state index in [1.54, 1.807) is 12.3 Å². The zero-order valence-electron chi connectivity index (χ0n) is 13.7. The second-order valence-electron chi connectivity index (χ2n) is 6.34. The third kappa shape index (κ3) is 3.86. The number of nitrogens with one attached hydrogen (secondary N) is 2. The molecular weight excluding hydrogens is 290 g/mol. The van der Waals surface area contributed by atoms with Gasteiger partial charge in [-0.15, -0.1) is 5.54 Å². The summed E-state index contributed by atoms with van der Waals surface area (Å²) in [6, 6.07) is 5.52. The lowest BCUT2D eigenvalue weighted by molar-refractivity contribution is 0.102. The summed E-state index contributed by atoms with van der Waals surface area (Å²) >= 11 is 0. The van der Waals surface area contributed by atoms with Gasteiger partial charge in [-0.25, -0.2) is 0 Å². The summed E-state index contributed by atoms with van der Waals surface area (Å²) in [5, 5.41) is 9.35. The van der Waals surface area contributed by atoms with Crippen molar-refractivity contribution in [2.75, 3.05) is 5.32 Å². The van der Waals surface area contributed by atoms with E-state index in [0.29, 0.717) is 5.69 Å². The number of benzene rings is 1. The molecule has 0 unspecified atom stereocenters. The van der Waals surface area contributed by atoms with Crippen LogP contribution in [0.5, 0.6) is 0 Å². The molecule has 114 valence electrons. The lowest BCUT2D eigenvalue weighted by Crippen LogP contribution is -2.16. The van der Waals surface area contributed by atoms with Crippen molar-refractivity contribution < 1.29 is 4.79 Å². The Morgan fingerprint density at radius 1 is 1.18 bits per heavy atom. The molecule has 0 aliphatic heterocycles. The Bertz CT molecular complexity index is 747. The number of aromatic amines is 1. The highest BCUT2D eigenvalue weighted by atomic mass is 28.3. The summed E-state index contributed by atoms with van der Waals surface area (Å²) in [6.07, 6.45) is 1.56. The summed E-state index contributed by atoms with van der Waals surface area (Å²) in [5.74, 6) is 3.09. The highest BCUT2D eigenvalue weighted by Gasteiger charge is 2.12. The number of rotatable bonds is 2. The fourth-order valence-electron chi connectivity index (χ4n) is 1.92. The molecule has 1 amide bonds. The van der Waals surface area contributed by atoms with Gasteiger partial charge in [-0.1, -0.05) is 25.6 Å². The van der Waals surface area contributed by atoms with Crippen LogP contribution in [0.1, 0.15) is 27.2 Å². The molecule has 0 saturated heterocycles. The highest BCUT2D eigenvalue weighted by Crippen LogP contribution is 2.22. The van der Waals surface area contributed by atoms with Crippen LogP contribution >= 0.6 is 0 Å². The van der Waals surface area contributed by atoms with Crippen LogP contribution in [0.15, 0.2) is 24.4 Å². The van der Waals surface area contributed by atoms with Gasteiger partial charge in [-0.3, -0.25) is 9.89 Å². The molecule has 1 aromatic carbocycles. The molecule has 0 atom stereocenters. The molecule has 0 aliphatic rings. The maximum absolute atomic E-state index is 12.1. The number of aromatic nitrogens is 2. The van der Waals surface area contributed by atoms with Crippen molar-refractivity contribution in [1.29, 1.82) is 0 Å². The molecule has 0 spiro atoms. The van der Waals surface area contributed by atoms with Gasteiger partial charge < -0.3 is 5.32 Å². The monoisotopic (exact) mass is 311 g/mol. The maximum Gasteiger partial charge on any atom is 0.273 e. The smallest absolute Gasteiger partial charge is 0.273 e. The van der Waals surface area contributed by atoms with E-state index in [1.165, 1.54) is 0 Å². The lowest BCUT2D eigenvalue weighted by atomic mass is 10.0. The van der Waals surface area contributed by atoms with Crippen molar-refractivity contribution in [2.45, 2.75) is 33.5 Å².